The van der Waals surface area contributed by atoms with E-state index >= 15 is 0 Å². The third-order valence-electron chi connectivity index (χ3n) is 5.15. The third-order valence-corrected chi connectivity index (χ3v) is 5.15. The summed E-state index contributed by atoms with van der Waals surface area (Å²) in [5.41, 5.74) is 1.28. The van der Waals surface area contributed by atoms with Gasteiger partial charge in [0.25, 0.3) is 0 Å². The normalized spacial score (nSPS) is 17.1. The van der Waals surface area contributed by atoms with Crippen LogP contribution in [0.2, 0.25) is 0 Å². The Morgan fingerprint density at radius 1 is 1.16 bits per heavy atom. The van der Waals surface area contributed by atoms with Gasteiger partial charge in [0, 0.05) is 44.3 Å². The highest BCUT2D eigenvalue weighted by Crippen LogP contribution is 2.26. The van der Waals surface area contributed by atoms with Gasteiger partial charge < -0.3 is 19.5 Å². The van der Waals surface area contributed by atoms with Gasteiger partial charge in [0.05, 0.1) is 13.2 Å². The molecule has 5 nitrogen and oxygen atoms in total. The molecule has 0 aliphatic carbocycles. The summed E-state index contributed by atoms with van der Waals surface area (Å²) in [7, 11) is 3.78. The van der Waals surface area contributed by atoms with Crippen molar-refractivity contribution in [2.75, 3.05) is 25.1 Å². The Morgan fingerprint density at radius 2 is 1.84 bits per heavy atom. The van der Waals surface area contributed by atoms with E-state index in [4.69, 9.17) is 4.74 Å². The van der Waals surface area contributed by atoms with Gasteiger partial charge in [-0.25, -0.2) is 4.98 Å². The lowest BCUT2D eigenvalue weighted by atomic mass is 9.98. The maximum absolute atomic E-state index is 5.25. The van der Waals surface area contributed by atoms with Gasteiger partial charge in [0.1, 0.15) is 11.6 Å². The van der Waals surface area contributed by atoms with E-state index in [1.807, 2.05) is 24.5 Å². The van der Waals surface area contributed by atoms with Crippen molar-refractivity contribution in [3.8, 4) is 5.75 Å². The van der Waals surface area contributed by atoms with E-state index in [1.165, 1.54) is 5.69 Å². The molecule has 0 amide bonds. The van der Waals surface area contributed by atoms with E-state index in [0.717, 1.165) is 37.5 Å². The summed E-state index contributed by atoms with van der Waals surface area (Å²) in [5, 5.41) is 3.86. The topological polar surface area (TPSA) is 42.3 Å². The third kappa shape index (κ3) is 4.15. The summed E-state index contributed by atoms with van der Waals surface area (Å²) < 4.78 is 7.38. The molecule has 1 saturated heterocycles. The van der Waals surface area contributed by atoms with Crippen LogP contribution in [0.4, 0.5) is 5.69 Å². The lowest BCUT2D eigenvalue weighted by molar-refractivity contribution is 0.307. The molecule has 1 aromatic carbocycles. The molecule has 0 unspecified atom stereocenters. The Balaban J connectivity index is 1.58. The van der Waals surface area contributed by atoms with Gasteiger partial charge in [-0.05, 0) is 43.0 Å². The molecule has 3 rings (SSSR count). The monoisotopic (exact) mass is 342 g/mol. The van der Waals surface area contributed by atoms with Gasteiger partial charge >= 0.3 is 0 Å². The number of imidazole rings is 1. The number of nitrogens with zero attached hydrogens (tertiary/aromatic N) is 3. The Labute approximate surface area is 151 Å². The van der Waals surface area contributed by atoms with Crippen LogP contribution in [0.15, 0.2) is 36.7 Å². The number of hydrogen-bond donors (Lipinski definition) is 1. The van der Waals surface area contributed by atoms with Gasteiger partial charge in [-0.1, -0.05) is 13.8 Å². The first-order valence-corrected chi connectivity index (χ1v) is 9.20. The van der Waals surface area contributed by atoms with Crippen molar-refractivity contribution in [1.82, 2.24) is 14.9 Å². The van der Waals surface area contributed by atoms with Crippen LogP contribution in [0, 0.1) is 5.92 Å². The first-order chi connectivity index (χ1) is 12.1. The van der Waals surface area contributed by atoms with Crippen LogP contribution in [0.5, 0.6) is 5.75 Å². The van der Waals surface area contributed by atoms with Crippen LogP contribution >= 0.6 is 0 Å². The van der Waals surface area contributed by atoms with Gasteiger partial charge in [0.2, 0.25) is 0 Å². The van der Waals surface area contributed by atoms with Crippen LogP contribution in [-0.2, 0) is 7.05 Å². The largest absolute Gasteiger partial charge is 0.497 e. The molecule has 2 heterocycles. The maximum Gasteiger partial charge on any atom is 0.125 e. The Hall–Kier alpha value is -2.01. The highest BCUT2D eigenvalue weighted by atomic mass is 16.5. The van der Waals surface area contributed by atoms with Crippen LogP contribution in [0.25, 0.3) is 0 Å². The second-order valence-corrected chi connectivity index (χ2v) is 7.24. The summed E-state index contributed by atoms with van der Waals surface area (Å²) in [6.45, 7) is 6.68. The van der Waals surface area contributed by atoms with E-state index in [1.54, 1.807) is 7.11 Å². The van der Waals surface area contributed by atoms with E-state index in [9.17, 15) is 0 Å². The van der Waals surface area contributed by atoms with Crippen molar-refractivity contribution in [2.45, 2.75) is 38.8 Å². The lowest BCUT2D eigenvalue weighted by Crippen LogP contribution is -2.45. The molecular weight excluding hydrogens is 312 g/mol. The van der Waals surface area contributed by atoms with Gasteiger partial charge in [-0.3, -0.25) is 0 Å². The average Bonchev–Trinajstić information content (AvgIpc) is 3.05. The molecule has 1 atom stereocenters. The number of rotatable bonds is 6. The molecule has 136 valence electrons. The highest BCUT2D eigenvalue weighted by Gasteiger charge is 2.26. The van der Waals surface area contributed by atoms with Crippen molar-refractivity contribution in [3.63, 3.8) is 0 Å². The standard InChI is InChI=1S/C20H30N4O/c1-15(2)19(20-21-11-14-23(20)3)22-16-9-12-24(13-10-16)17-5-7-18(25-4)8-6-17/h5-8,11,14-16,19,22H,9-10,12-13H2,1-4H3/t19-/m0/s1. The predicted molar refractivity (Wildman–Crippen MR) is 102 cm³/mol. The Morgan fingerprint density at radius 3 is 2.36 bits per heavy atom. The van der Waals surface area contributed by atoms with Gasteiger partial charge in [-0.15, -0.1) is 0 Å². The fourth-order valence-corrected chi connectivity index (χ4v) is 3.59. The minimum Gasteiger partial charge on any atom is -0.497 e. The molecule has 1 fully saturated rings. The van der Waals surface area contributed by atoms with Crippen molar-refractivity contribution in [2.24, 2.45) is 13.0 Å². The summed E-state index contributed by atoms with van der Waals surface area (Å²) in [6.07, 6.45) is 6.22. The Bertz CT molecular complexity index is 657. The van der Waals surface area contributed by atoms with Gasteiger partial charge in [-0.2, -0.15) is 0 Å². The number of piperidine rings is 1. The number of ether oxygens (including phenoxy) is 1. The number of nitrogens with one attached hydrogen (secondary N) is 1. The molecule has 2 aromatic rings. The van der Waals surface area contributed by atoms with E-state index in [-0.39, 0.29) is 0 Å². The number of hydrogen-bond acceptors (Lipinski definition) is 4. The summed E-state index contributed by atoms with van der Waals surface area (Å²) in [6, 6.07) is 9.22. The smallest absolute Gasteiger partial charge is 0.125 e. The highest BCUT2D eigenvalue weighted by molar-refractivity contribution is 5.49. The van der Waals surface area contributed by atoms with Crippen molar-refractivity contribution < 1.29 is 4.74 Å². The van der Waals surface area contributed by atoms with E-state index < -0.39 is 0 Å². The summed E-state index contributed by atoms with van der Waals surface area (Å²) in [5.74, 6) is 2.56. The summed E-state index contributed by atoms with van der Waals surface area (Å²) >= 11 is 0. The molecule has 25 heavy (non-hydrogen) atoms. The zero-order valence-corrected chi connectivity index (χ0v) is 15.8. The lowest BCUT2D eigenvalue weighted by Gasteiger charge is -2.36. The average molecular weight is 342 g/mol. The fraction of sp³-hybridized carbons (Fsp3) is 0.550. The quantitative estimate of drug-likeness (QED) is 0.874. The van der Waals surface area contributed by atoms with Crippen LogP contribution < -0.4 is 15.0 Å². The molecule has 1 aliphatic rings. The first-order valence-electron chi connectivity index (χ1n) is 9.20. The van der Waals surface area contributed by atoms with Crippen LogP contribution in [0.3, 0.4) is 0 Å². The molecule has 1 aliphatic heterocycles. The molecular formula is C20H30N4O. The van der Waals surface area contributed by atoms with Crippen molar-refractivity contribution in [1.29, 1.82) is 0 Å². The molecule has 1 aromatic heterocycles. The number of methoxy groups -OCH3 is 1. The molecule has 0 saturated carbocycles. The van der Waals surface area contributed by atoms with E-state index in [2.05, 4.69) is 52.8 Å². The second kappa shape index (κ2) is 7.91. The van der Waals surface area contributed by atoms with Crippen molar-refractivity contribution in [3.05, 3.63) is 42.5 Å². The summed E-state index contributed by atoms with van der Waals surface area (Å²) in [4.78, 5) is 7.02. The zero-order valence-electron chi connectivity index (χ0n) is 15.8. The van der Waals surface area contributed by atoms with Crippen LogP contribution in [-0.4, -0.2) is 35.8 Å². The number of aromatic nitrogens is 2. The predicted octanol–water partition coefficient (Wildman–Crippen LogP) is 3.38. The van der Waals surface area contributed by atoms with Crippen LogP contribution in [0.1, 0.15) is 38.6 Å². The molecule has 0 bridgehead atoms. The zero-order chi connectivity index (χ0) is 17.8. The van der Waals surface area contributed by atoms with E-state index in [0.29, 0.717) is 18.0 Å². The molecule has 1 N–H and O–H groups in total. The molecule has 0 radical (unpaired) electrons. The van der Waals surface area contributed by atoms with Crippen molar-refractivity contribution >= 4 is 5.69 Å². The first kappa shape index (κ1) is 17.8. The SMILES string of the molecule is COc1ccc(N2CCC(N[C@H](c3nccn3C)C(C)C)CC2)cc1. The minimum absolute atomic E-state index is 0.303. The number of anilines is 1. The number of benzene rings is 1. The Kier molecular flexibility index (Phi) is 5.63. The second-order valence-electron chi connectivity index (χ2n) is 7.24. The molecule has 5 heteroatoms. The minimum atomic E-state index is 0.303. The number of aryl methyl sites for hydroxylation is 1. The fourth-order valence-electron chi connectivity index (χ4n) is 3.59. The van der Waals surface area contributed by atoms with Gasteiger partial charge in [0.15, 0.2) is 0 Å². The maximum atomic E-state index is 5.25. The molecule has 0 spiro atoms.